The Bertz CT molecular complexity index is 839. The number of hydrogen-bond donors (Lipinski definition) is 1. The molecule has 3 aromatic rings. The van der Waals surface area contributed by atoms with Gasteiger partial charge in [-0.2, -0.15) is 9.97 Å². The first-order valence-electron chi connectivity index (χ1n) is 7.60. The fourth-order valence-electron chi connectivity index (χ4n) is 2.32. The smallest absolute Gasteiger partial charge is 0.297 e. The summed E-state index contributed by atoms with van der Waals surface area (Å²) in [4.78, 5) is 22.7. The molecule has 0 saturated heterocycles. The molecule has 126 valence electrons. The zero-order valence-corrected chi connectivity index (χ0v) is 14.0. The van der Waals surface area contributed by atoms with E-state index in [2.05, 4.69) is 20.4 Å². The summed E-state index contributed by atoms with van der Waals surface area (Å²) in [6.07, 6.45) is 1.25. The van der Waals surface area contributed by atoms with E-state index in [9.17, 15) is 4.79 Å². The van der Waals surface area contributed by atoms with E-state index in [-0.39, 0.29) is 17.9 Å². The Balaban J connectivity index is 1.85. The van der Waals surface area contributed by atoms with Gasteiger partial charge in [0.15, 0.2) is 11.4 Å². The number of hydrogen-bond acceptors (Lipinski definition) is 7. The Morgan fingerprint density at radius 2 is 2.08 bits per heavy atom. The number of benzene rings is 1. The molecule has 1 N–H and O–H groups in total. The molecule has 8 nitrogen and oxygen atoms in total. The van der Waals surface area contributed by atoms with Crippen LogP contribution in [0.3, 0.4) is 0 Å². The van der Waals surface area contributed by atoms with Crippen molar-refractivity contribution in [2.24, 2.45) is 5.92 Å². The summed E-state index contributed by atoms with van der Waals surface area (Å²) < 4.78 is 10.4. The SMILES string of the molecule is CC(C)C(NC(=O)c1ccc2oc(N(C)C)nc2c1)c1ncon1. The molecule has 0 aliphatic carbocycles. The Hall–Kier alpha value is -2.90. The molecule has 1 unspecified atom stereocenters. The number of amides is 1. The number of carbonyl (C=O) groups excluding carboxylic acids is 1. The van der Waals surface area contributed by atoms with Gasteiger partial charge in [0.2, 0.25) is 6.39 Å². The van der Waals surface area contributed by atoms with Crippen LogP contribution in [0, 0.1) is 5.92 Å². The average Bonchev–Trinajstić information content (AvgIpc) is 3.20. The molecule has 8 heteroatoms. The molecule has 24 heavy (non-hydrogen) atoms. The highest BCUT2D eigenvalue weighted by Gasteiger charge is 2.23. The van der Waals surface area contributed by atoms with Crippen LogP contribution < -0.4 is 10.2 Å². The van der Waals surface area contributed by atoms with E-state index >= 15 is 0 Å². The highest BCUT2D eigenvalue weighted by molar-refractivity contribution is 5.97. The van der Waals surface area contributed by atoms with Gasteiger partial charge >= 0.3 is 0 Å². The van der Waals surface area contributed by atoms with Gasteiger partial charge in [0.1, 0.15) is 5.52 Å². The van der Waals surface area contributed by atoms with Crippen LogP contribution in [0.15, 0.2) is 33.5 Å². The number of nitrogens with one attached hydrogen (secondary N) is 1. The zero-order chi connectivity index (χ0) is 17.3. The van der Waals surface area contributed by atoms with E-state index in [4.69, 9.17) is 8.94 Å². The second-order valence-corrected chi connectivity index (χ2v) is 6.06. The maximum Gasteiger partial charge on any atom is 0.297 e. The first kappa shape index (κ1) is 16.0. The fraction of sp³-hybridized carbons (Fsp3) is 0.375. The molecule has 1 amide bonds. The van der Waals surface area contributed by atoms with Crippen molar-refractivity contribution in [3.8, 4) is 0 Å². The third-order valence-electron chi connectivity index (χ3n) is 3.63. The summed E-state index contributed by atoms with van der Waals surface area (Å²) in [5.41, 5.74) is 1.76. The summed E-state index contributed by atoms with van der Waals surface area (Å²) >= 11 is 0. The second kappa shape index (κ2) is 6.31. The summed E-state index contributed by atoms with van der Waals surface area (Å²) in [6, 6.07) is 5.31. The van der Waals surface area contributed by atoms with Crippen molar-refractivity contribution in [1.82, 2.24) is 20.4 Å². The average molecular weight is 329 g/mol. The van der Waals surface area contributed by atoms with E-state index in [0.29, 0.717) is 28.5 Å². The maximum atomic E-state index is 12.6. The van der Waals surface area contributed by atoms with Crippen LogP contribution in [0.2, 0.25) is 0 Å². The monoisotopic (exact) mass is 329 g/mol. The van der Waals surface area contributed by atoms with Gasteiger partial charge in [0.25, 0.3) is 11.9 Å². The van der Waals surface area contributed by atoms with Crippen LogP contribution in [-0.4, -0.2) is 35.1 Å². The first-order chi connectivity index (χ1) is 11.5. The van der Waals surface area contributed by atoms with Crippen molar-refractivity contribution in [2.45, 2.75) is 19.9 Å². The molecule has 1 aromatic carbocycles. The summed E-state index contributed by atoms with van der Waals surface area (Å²) in [7, 11) is 3.69. The number of rotatable bonds is 5. The standard InChI is InChI=1S/C16H19N5O3/c1-9(2)13(14-17-8-23-20-14)19-15(22)10-5-6-12-11(7-10)18-16(24-12)21(3)4/h5-9,13H,1-4H3,(H,19,22). The molecule has 0 spiro atoms. The van der Waals surface area contributed by atoms with E-state index in [1.165, 1.54) is 6.39 Å². The van der Waals surface area contributed by atoms with Crippen molar-refractivity contribution in [2.75, 3.05) is 19.0 Å². The Kier molecular flexibility index (Phi) is 4.20. The first-order valence-corrected chi connectivity index (χ1v) is 7.60. The quantitative estimate of drug-likeness (QED) is 0.767. The maximum absolute atomic E-state index is 12.6. The molecule has 3 rings (SSSR count). The number of anilines is 1. The van der Waals surface area contributed by atoms with Gasteiger partial charge in [-0.3, -0.25) is 4.79 Å². The lowest BCUT2D eigenvalue weighted by Gasteiger charge is -2.18. The molecule has 0 fully saturated rings. The Morgan fingerprint density at radius 1 is 1.29 bits per heavy atom. The predicted octanol–water partition coefficient (Wildman–Crippen LogP) is 2.40. The third-order valence-corrected chi connectivity index (χ3v) is 3.63. The summed E-state index contributed by atoms with van der Waals surface area (Å²) in [5.74, 6) is 0.341. The molecule has 0 radical (unpaired) electrons. The molecule has 2 aromatic heterocycles. The van der Waals surface area contributed by atoms with Gasteiger partial charge in [-0.1, -0.05) is 19.0 Å². The highest BCUT2D eigenvalue weighted by atomic mass is 16.5. The van der Waals surface area contributed by atoms with Gasteiger partial charge in [-0.15, -0.1) is 0 Å². The second-order valence-electron chi connectivity index (χ2n) is 6.06. The Morgan fingerprint density at radius 3 is 2.71 bits per heavy atom. The molecule has 2 heterocycles. The number of oxazole rings is 1. The molecule has 0 bridgehead atoms. The molecular weight excluding hydrogens is 310 g/mol. The van der Waals surface area contributed by atoms with Gasteiger partial charge in [-0.05, 0) is 24.1 Å². The molecule has 1 atom stereocenters. The van der Waals surface area contributed by atoms with Crippen molar-refractivity contribution < 1.29 is 13.7 Å². The minimum atomic E-state index is -0.332. The summed E-state index contributed by atoms with van der Waals surface area (Å²) in [5, 5.41) is 6.76. The number of aromatic nitrogens is 3. The van der Waals surface area contributed by atoms with Crippen LogP contribution in [0.5, 0.6) is 0 Å². The van der Waals surface area contributed by atoms with Crippen molar-refractivity contribution in [1.29, 1.82) is 0 Å². The van der Waals surface area contributed by atoms with Gasteiger partial charge in [0.05, 0.1) is 6.04 Å². The number of carbonyl (C=O) groups is 1. The fourth-order valence-corrected chi connectivity index (χ4v) is 2.32. The van der Waals surface area contributed by atoms with Crippen molar-refractivity contribution in [3.63, 3.8) is 0 Å². The van der Waals surface area contributed by atoms with Gasteiger partial charge in [0, 0.05) is 19.7 Å². The highest BCUT2D eigenvalue weighted by Crippen LogP contribution is 2.23. The minimum absolute atomic E-state index is 0.114. The van der Waals surface area contributed by atoms with E-state index in [0.717, 1.165) is 0 Å². The number of nitrogens with zero attached hydrogens (tertiary/aromatic N) is 4. The van der Waals surface area contributed by atoms with Crippen LogP contribution in [0.4, 0.5) is 6.01 Å². The van der Waals surface area contributed by atoms with Crippen LogP contribution in [0.25, 0.3) is 11.1 Å². The van der Waals surface area contributed by atoms with Crippen LogP contribution in [-0.2, 0) is 0 Å². The minimum Gasteiger partial charge on any atom is -0.423 e. The Labute approximate surface area is 138 Å². The lowest BCUT2D eigenvalue weighted by molar-refractivity contribution is 0.0922. The van der Waals surface area contributed by atoms with Crippen molar-refractivity contribution in [3.05, 3.63) is 36.0 Å². The third kappa shape index (κ3) is 3.08. The van der Waals surface area contributed by atoms with Crippen LogP contribution >= 0.6 is 0 Å². The van der Waals surface area contributed by atoms with Crippen molar-refractivity contribution >= 4 is 23.0 Å². The normalized spacial score (nSPS) is 12.5. The lowest BCUT2D eigenvalue weighted by atomic mass is 10.0. The predicted molar refractivity (Wildman–Crippen MR) is 87.7 cm³/mol. The van der Waals surface area contributed by atoms with Gasteiger partial charge in [-0.25, -0.2) is 0 Å². The van der Waals surface area contributed by atoms with Crippen LogP contribution in [0.1, 0.15) is 36.1 Å². The molecule has 0 aliphatic heterocycles. The van der Waals surface area contributed by atoms with E-state index in [1.54, 1.807) is 23.1 Å². The molecule has 0 saturated carbocycles. The van der Waals surface area contributed by atoms with E-state index in [1.807, 2.05) is 27.9 Å². The molecule has 0 aliphatic rings. The molecular formula is C16H19N5O3. The topological polar surface area (TPSA) is 97.3 Å². The summed E-state index contributed by atoms with van der Waals surface area (Å²) in [6.45, 7) is 3.96. The number of fused-ring (bicyclic) bond motifs is 1. The largest absolute Gasteiger partial charge is 0.423 e. The zero-order valence-electron chi connectivity index (χ0n) is 14.0. The van der Waals surface area contributed by atoms with E-state index < -0.39 is 0 Å². The lowest BCUT2D eigenvalue weighted by Crippen LogP contribution is -2.32. The van der Waals surface area contributed by atoms with Gasteiger partial charge < -0.3 is 19.2 Å².